The molecule has 2 atom stereocenters. The van der Waals surface area contributed by atoms with Crippen molar-refractivity contribution in [2.24, 2.45) is 11.7 Å². The Morgan fingerprint density at radius 3 is 2.50 bits per heavy atom. The second kappa shape index (κ2) is 8.32. The number of nitrogens with two attached hydrogens (primary N) is 1. The molecule has 20 heavy (non-hydrogen) atoms. The van der Waals surface area contributed by atoms with E-state index in [9.17, 15) is 9.59 Å². The molecule has 1 aromatic carbocycles. The molecular weight excluding hydrogens is 256 g/mol. The zero-order valence-corrected chi connectivity index (χ0v) is 12.0. The number of esters is 1. The van der Waals surface area contributed by atoms with Crippen LogP contribution in [0.25, 0.3) is 0 Å². The number of ether oxygens (including phenoxy) is 1. The molecule has 5 heteroatoms. The third-order valence-corrected chi connectivity index (χ3v) is 2.97. The van der Waals surface area contributed by atoms with Crippen LogP contribution in [0.2, 0.25) is 0 Å². The van der Waals surface area contributed by atoms with E-state index in [4.69, 9.17) is 10.5 Å². The molecule has 0 aliphatic heterocycles. The molecule has 3 N–H and O–H groups in total. The van der Waals surface area contributed by atoms with Gasteiger partial charge in [-0.05, 0) is 12.5 Å². The predicted octanol–water partition coefficient (Wildman–Crippen LogP) is 0.872. The SMILES string of the molecule is CCOC(=O)C(Cc1ccccc1)NC(=O)C(C)CN. The number of nitrogens with one attached hydrogen (secondary N) is 1. The first-order valence-electron chi connectivity index (χ1n) is 6.79. The summed E-state index contributed by atoms with van der Waals surface area (Å²) in [5, 5.41) is 2.71. The maximum Gasteiger partial charge on any atom is 0.328 e. The zero-order valence-electron chi connectivity index (χ0n) is 12.0. The van der Waals surface area contributed by atoms with Crippen molar-refractivity contribution in [3.63, 3.8) is 0 Å². The van der Waals surface area contributed by atoms with Gasteiger partial charge in [0.1, 0.15) is 6.04 Å². The Labute approximate surface area is 119 Å². The molecule has 1 rings (SSSR count). The monoisotopic (exact) mass is 278 g/mol. The van der Waals surface area contributed by atoms with Crippen molar-refractivity contribution in [2.75, 3.05) is 13.2 Å². The third kappa shape index (κ3) is 5.01. The number of carbonyl (C=O) groups excluding carboxylic acids is 2. The summed E-state index contributed by atoms with van der Waals surface area (Å²) >= 11 is 0. The van der Waals surface area contributed by atoms with E-state index >= 15 is 0 Å². The fraction of sp³-hybridized carbons (Fsp3) is 0.467. The molecule has 0 aliphatic rings. The fourth-order valence-electron chi connectivity index (χ4n) is 1.71. The minimum absolute atomic E-state index is 0.235. The fourth-order valence-corrected chi connectivity index (χ4v) is 1.71. The van der Waals surface area contributed by atoms with E-state index in [1.807, 2.05) is 30.3 Å². The highest BCUT2D eigenvalue weighted by Crippen LogP contribution is 2.06. The summed E-state index contributed by atoms with van der Waals surface area (Å²) in [7, 11) is 0. The van der Waals surface area contributed by atoms with Crippen molar-refractivity contribution in [3.05, 3.63) is 35.9 Å². The van der Waals surface area contributed by atoms with Gasteiger partial charge in [-0.25, -0.2) is 4.79 Å². The van der Waals surface area contributed by atoms with Gasteiger partial charge in [0, 0.05) is 18.9 Å². The zero-order chi connectivity index (χ0) is 15.0. The normalized spacial score (nSPS) is 13.3. The van der Waals surface area contributed by atoms with Crippen LogP contribution >= 0.6 is 0 Å². The van der Waals surface area contributed by atoms with Crippen molar-refractivity contribution in [2.45, 2.75) is 26.3 Å². The van der Waals surface area contributed by atoms with Gasteiger partial charge in [-0.2, -0.15) is 0 Å². The van der Waals surface area contributed by atoms with Crippen LogP contribution < -0.4 is 11.1 Å². The molecule has 110 valence electrons. The van der Waals surface area contributed by atoms with Crippen LogP contribution in [0.4, 0.5) is 0 Å². The van der Waals surface area contributed by atoms with Crippen molar-refractivity contribution in [1.82, 2.24) is 5.32 Å². The molecule has 1 aromatic rings. The van der Waals surface area contributed by atoms with Crippen LogP contribution in [0.3, 0.4) is 0 Å². The van der Waals surface area contributed by atoms with E-state index in [1.54, 1.807) is 13.8 Å². The molecule has 1 amide bonds. The van der Waals surface area contributed by atoms with Crippen LogP contribution in [-0.2, 0) is 20.7 Å². The number of hydrogen-bond donors (Lipinski definition) is 2. The molecule has 0 heterocycles. The van der Waals surface area contributed by atoms with E-state index in [0.29, 0.717) is 6.42 Å². The topological polar surface area (TPSA) is 81.4 Å². The summed E-state index contributed by atoms with van der Waals surface area (Å²) in [5.74, 6) is -0.988. The summed E-state index contributed by atoms with van der Waals surface area (Å²) < 4.78 is 5.01. The van der Waals surface area contributed by atoms with Gasteiger partial charge in [0.25, 0.3) is 0 Å². The first kappa shape index (κ1) is 16.2. The largest absolute Gasteiger partial charge is 0.464 e. The van der Waals surface area contributed by atoms with Crippen molar-refractivity contribution < 1.29 is 14.3 Å². The van der Waals surface area contributed by atoms with Crippen LogP contribution in [-0.4, -0.2) is 31.1 Å². The van der Waals surface area contributed by atoms with Gasteiger partial charge in [-0.3, -0.25) is 4.79 Å². The molecule has 0 saturated heterocycles. The molecular formula is C15H22N2O3. The van der Waals surface area contributed by atoms with Gasteiger partial charge in [-0.15, -0.1) is 0 Å². The number of hydrogen-bond acceptors (Lipinski definition) is 4. The van der Waals surface area contributed by atoms with Crippen LogP contribution in [0.1, 0.15) is 19.4 Å². The lowest BCUT2D eigenvalue weighted by Gasteiger charge is -2.19. The highest BCUT2D eigenvalue weighted by Gasteiger charge is 2.24. The second-order valence-electron chi connectivity index (χ2n) is 4.64. The van der Waals surface area contributed by atoms with E-state index in [0.717, 1.165) is 5.56 Å². The summed E-state index contributed by atoms with van der Waals surface area (Å²) in [5.41, 5.74) is 6.42. The molecule has 0 bridgehead atoms. The van der Waals surface area contributed by atoms with Crippen LogP contribution in [0.5, 0.6) is 0 Å². The predicted molar refractivity (Wildman–Crippen MR) is 76.9 cm³/mol. The highest BCUT2D eigenvalue weighted by molar-refractivity contribution is 5.85. The lowest BCUT2D eigenvalue weighted by atomic mass is 10.0. The molecule has 0 fully saturated rings. The minimum atomic E-state index is -0.682. The Bertz CT molecular complexity index is 434. The molecule has 0 radical (unpaired) electrons. The summed E-state index contributed by atoms with van der Waals surface area (Å²) in [4.78, 5) is 23.8. The van der Waals surface area contributed by atoms with Gasteiger partial charge < -0.3 is 15.8 Å². The first-order chi connectivity index (χ1) is 9.58. The smallest absolute Gasteiger partial charge is 0.328 e. The van der Waals surface area contributed by atoms with Gasteiger partial charge in [0.05, 0.1) is 6.61 Å². The van der Waals surface area contributed by atoms with Gasteiger partial charge in [-0.1, -0.05) is 37.3 Å². The maximum atomic E-state index is 11.9. The summed E-state index contributed by atoms with van der Waals surface area (Å²) in [6, 6.07) is 8.82. The maximum absolute atomic E-state index is 11.9. The van der Waals surface area contributed by atoms with Crippen molar-refractivity contribution in [3.8, 4) is 0 Å². The highest BCUT2D eigenvalue weighted by atomic mass is 16.5. The minimum Gasteiger partial charge on any atom is -0.464 e. The lowest BCUT2D eigenvalue weighted by molar-refractivity contribution is -0.147. The standard InChI is InChI=1S/C15H22N2O3/c1-3-20-15(19)13(17-14(18)11(2)10-16)9-12-7-5-4-6-8-12/h4-8,11,13H,3,9-10,16H2,1-2H3,(H,17,18). The quantitative estimate of drug-likeness (QED) is 0.725. The van der Waals surface area contributed by atoms with E-state index in [-0.39, 0.29) is 25.0 Å². The Hall–Kier alpha value is -1.88. The van der Waals surface area contributed by atoms with Crippen LogP contribution in [0, 0.1) is 5.92 Å². The average molecular weight is 278 g/mol. The molecule has 0 aliphatic carbocycles. The second-order valence-corrected chi connectivity index (χ2v) is 4.64. The third-order valence-electron chi connectivity index (χ3n) is 2.97. The van der Waals surface area contributed by atoms with E-state index in [1.165, 1.54) is 0 Å². The van der Waals surface area contributed by atoms with Crippen molar-refractivity contribution >= 4 is 11.9 Å². The molecule has 0 saturated carbocycles. The van der Waals surface area contributed by atoms with Crippen molar-refractivity contribution in [1.29, 1.82) is 0 Å². The molecule has 0 aromatic heterocycles. The Morgan fingerprint density at radius 2 is 1.95 bits per heavy atom. The number of amides is 1. The number of carbonyl (C=O) groups is 2. The average Bonchev–Trinajstić information content (AvgIpc) is 2.46. The summed E-state index contributed by atoms with van der Waals surface area (Å²) in [6.45, 7) is 3.99. The Kier molecular flexibility index (Phi) is 6.73. The van der Waals surface area contributed by atoms with E-state index < -0.39 is 12.0 Å². The Balaban J connectivity index is 2.75. The summed E-state index contributed by atoms with van der Waals surface area (Å²) in [6.07, 6.45) is 0.405. The lowest BCUT2D eigenvalue weighted by Crippen LogP contribution is -2.46. The molecule has 5 nitrogen and oxygen atoms in total. The van der Waals surface area contributed by atoms with Gasteiger partial charge >= 0.3 is 5.97 Å². The van der Waals surface area contributed by atoms with Gasteiger partial charge in [0.15, 0.2) is 0 Å². The first-order valence-corrected chi connectivity index (χ1v) is 6.79. The molecule has 2 unspecified atom stereocenters. The molecule has 0 spiro atoms. The van der Waals surface area contributed by atoms with E-state index in [2.05, 4.69) is 5.32 Å². The number of benzene rings is 1. The Morgan fingerprint density at radius 1 is 1.30 bits per heavy atom. The van der Waals surface area contributed by atoms with Gasteiger partial charge in [0.2, 0.25) is 5.91 Å². The van der Waals surface area contributed by atoms with Crippen LogP contribution in [0.15, 0.2) is 30.3 Å². The number of rotatable bonds is 7.